The summed E-state index contributed by atoms with van der Waals surface area (Å²) in [5, 5.41) is 2.58. The van der Waals surface area contributed by atoms with E-state index in [2.05, 4.69) is 17.0 Å². The predicted octanol–water partition coefficient (Wildman–Crippen LogP) is 1.83. The second-order valence-electron chi connectivity index (χ2n) is 5.07. The molecule has 2 aromatic rings. The van der Waals surface area contributed by atoms with E-state index in [1.165, 1.54) is 6.26 Å². The van der Waals surface area contributed by atoms with Gasteiger partial charge in [0.05, 0.1) is 24.2 Å². The summed E-state index contributed by atoms with van der Waals surface area (Å²) in [5.74, 6) is 0.181. The molecule has 0 spiro atoms. The van der Waals surface area contributed by atoms with Crippen molar-refractivity contribution in [3.8, 4) is 0 Å². The van der Waals surface area contributed by atoms with Crippen molar-refractivity contribution in [2.75, 3.05) is 6.54 Å². The molecule has 0 fully saturated rings. The fraction of sp³-hybridized carbons (Fsp3) is 0.312. The van der Waals surface area contributed by atoms with Crippen LogP contribution in [0.25, 0.3) is 0 Å². The van der Waals surface area contributed by atoms with Crippen LogP contribution < -0.4 is 10.0 Å². The molecule has 0 saturated heterocycles. The Kier molecular flexibility index (Phi) is 5.95. The molecule has 1 aromatic heterocycles. The third kappa shape index (κ3) is 5.22. The minimum Gasteiger partial charge on any atom is -0.467 e. The first-order valence-corrected chi connectivity index (χ1v) is 8.87. The lowest BCUT2D eigenvalue weighted by Crippen LogP contribution is -2.36. The topological polar surface area (TPSA) is 88.4 Å². The largest absolute Gasteiger partial charge is 0.467 e. The lowest BCUT2D eigenvalue weighted by atomic mass is 10.1. The number of carbonyl (C=O) groups excluding carboxylic acids is 1. The fourth-order valence-corrected chi connectivity index (χ4v) is 3.01. The van der Waals surface area contributed by atoms with Gasteiger partial charge in [-0.15, -0.1) is 0 Å². The van der Waals surface area contributed by atoms with Crippen molar-refractivity contribution in [3.05, 3.63) is 54.0 Å². The summed E-state index contributed by atoms with van der Waals surface area (Å²) in [5.41, 5.74) is 1.09. The summed E-state index contributed by atoms with van der Waals surface area (Å²) in [4.78, 5) is 11.8. The molecule has 1 heterocycles. The smallest absolute Gasteiger partial charge is 0.241 e. The number of furan rings is 1. The molecule has 124 valence electrons. The van der Waals surface area contributed by atoms with Gasteiger partial charge in [-0.05, 0) is 36.2 Å². The van der Waals surface area contributed by atoms with Gasteiger partial charge in [0.15, 0.2) is 0 Å². The van der Waals surface area contributed by atoms with E-state index < -0.39 is 15.9 Å². The number of nitrogens with one attached hydrogen (secondary N) is 2. The summed E-state index contributed by atoms with van der Waals surface area (Å²) in [6, 6.07) is 10.1. The maximum Gasteiger partial charge on any atom is 0.241 e. The quantitative estimate of drug-likeness (QED) is 0.770. The standard InChI is InChI=1S/C16H20N2O4S/c1-2-4-13-6-8-15(9-7-13)23(20,21)18-12-16(19)17-11-14-5-3-10-22-14/h3,5-10,18H,2,4,11-12H2,1H3,(H,17,19). The van der Waals surface area contributed by atoms with Crippen molar-refractivity contribution >= 4 is 15.9 Å². The number of amides is 1. The van der Waals surface area contributed by atoms with Gasteiger partial charge in [0, 0.05) is 0 Å². The van der Waals surface area contributed by atoms with Gasteiger partial charge in [-0.1, -0.05) is 25.5 Å². The SMILES string of the molecule is CCCc1ccc(S(=O)(=O)NCC(=O)NCc2ccco2)cc1. The third-order valence-corrected chi connectivity index (χ3v) is 4.65. The van der Waals surface area contributed by atoms with Crippen LogP contribution in [0, 0.1) is 0 Å². The van der Waals surface area contributed by atoms with E-state index in [1.807, 2.05) is 0 Å². The maximum absolute atomic E-state index is 12.1. The van der Waals surface area contributed by atoms with Crippen LogP contribution in [0.5, 0.6) is 0 Å². The van der Waals surface area contributed by atoms with Crippen molar-refractivity contribution in [2.24, 2.45) is 0 Å². The Labute approximate surface area is 135 Å². The molecule has 0 bridgehead atoms. The second kappa shape index (κ2) is 7.94. The van der Waals surface area contributed by atoms with Crippen LogP contribution in [0.15, 0.2) is 52.0 Å². The molecule has 0 unspecified atom stereocenters. The van der Waals surface area contributed by atoms with Crippen LogP contribution in [-0.4, -0.2) is 20.9 Å². The first-order chi connectivity index (χ1) is 11.0. The Morgan fingerprint density at radius 2 is 1.91 bits per heavy atom. The molecule has 2 N–H and O–H groups in total. The van der Waals surface area contributed by atoms with E-state index in [-0.39, 0.29) is 18.0 Å². The molecule has 0 aliphatic heterocycles. The molecule has 0 aliphatic rings. The number of carbonyl (C=O) groups is 1. The van der Waals surface area contributed by atoms with Crippen molar-refractivity contribution in [2.45, 2.75) is 31.2 Å². The maximum atomic E-state index is 12.1. The van der Waals surface area contributed by atoms with Crippen molar-refractivity contribution in [3.63, 3.8) is 0 Å². The summed E-state index contributed by atoms with van der Waals surface area (Å²) < 4.78 is 31.6. The van der Waals surface area contributed by atoms with Gasteiger partial charge in [0.1, 0.15) is 5.76 Å². The van der Waals surface area contributed by atoms with Gasteiger partial charge in [-0.25, -0.2) is 13.1 Å². The highest BCUT2D eigenvalue weighted by molar-refractivity contribution is 7.89. The monoisotopic (exact) mass is 336 g/mol. The molecule has 1 aromatic carbocycles. The molecule has 6 nitrogen and oxygen atoms in total. The summed E-state index contributed by atoms with van der Waals surface area (Å²) in [6.45, 7) is 1.96. The Bertz CT molecular complexity index is 722. The average Bonchev–Trinajstić information content (AvgIpc) is 3.05. The highest BCUT2D eigenvalue weighted by Gasteiger charge is 2.15. The Morgan fingerprint density at radius 3 is 2.52 bits per heavy atom. The number of aryl methyl sites for hydroxylation is 1. The zero-order valence-corrected chi connectivity index (χ0v) is 13.7. The lowest BCUT2D eigenvalue weighted by molar-refractivity contribution is -0.120. The van der Waals surface area contributed by atoms with E-state index in [4.69, 9.17) is 4.42 Å². The van der Waals surface area contributed by atoms with Crippen LogP contribution in [0.1, 0.15) is 24.7 Å². The zero-order valence-electron chi connectivity index (χ0n) is 12.9. The molecule has 0 radical (unpaired) electrons. The van der Waals surface area contributed by atoms with Gasteiger partial charge in [-0.3, -0.25) is 4.79 Å². The number of rotatable bonds is 8. The van der Waals surface area contributed by atoms with Crippen LogP contribution in [0.4, 0.5) is 0 Å². The number of hydrogen-bond donors (Lipinski definition) is 2. The second-order valence-corrected chi connectivity index (χ2v) is 6.84. The summed E-state index contributed by atoms with van der Waals surface area (Å²) in [7, 11) is -3.69. The third-order valence-electron chi connectivity index (χ3n) is 3.23. The molecule has 2 rings (SSSR count). The molecular formula is C16H20N2O4S. The predicted molar refractivity (Wildman–Crippen MR) is 86.2 cm³/mol. The average molecular weight is 336 g/mol. The Hall–Kier alpha value is -2.12. The molecule has 0 aliphatic carbocycles. The molecular weight excluding hydrogens is 316 g/mol. The molecule has 1 amide bonds. The molecule has 0 saturated carbocycles. The van der Waals surface area contributed by atoms with E-state index in [9.17, 15) is 13.2 Å². The molecule has 7 heteroatoms. The zero-order chi connectivity index (χ0) is 16.7. The van der Waals surface area contributed by atoms with Crippen LogP contribution in [0.2, 0.25) is 0 Å². The Balaban J connectivity index is 1.86. The lowest BCUT2D eigenvalue weighted by Gasteiger charge is -2.08. The van der Waals surface area contributed by atoms with Gasteiger partial charge in [0.25, 0.3) is 0 Å². The van der Waals surface area contributed by atoms with E-state index in [0.717, 1.165) is 18.4 Å². The number of sulfonamides is 1. The van der Waals surface area contributed by atoms with Crippen molar-refractivity contribution < 1.29 is 17.6 Å². The molecule has 23 heavy (non-hydrogen) atoms. The van der Waals surface area contributed by atoms with Crippen molar-refractivity contribution in [1.29, 1.82) is 0 Å². The van der Waals surface area contributed by atoms with Gasteiger partial charge in [-0.2, -0.15) is 0 Å². The number of benzene rings is 1. The highest BCUT2D eigenvalue weighted by atomic mass is 32.2. The summed E-state index contributed by atoms with van der Waals surface area (Å²) >= 11 is 0. The summed E-state index contributed by atoms with van der Waals surface area (Å²) in [6.07, 6.45) is 3.41. The Morgan fingerprint density at radius 1 is 1.17 bits per heavy atom. The minimum absolute atomic E-state index is 0.149. The van der Waals surface area contributed by atoms with E-state index in [1.54, 1.807) is 36.4 Å². The van der Waals surface area contributed by atoms with Crippen LogP contribution in [-0.2, 0) is 27.8 Å². The number of hydrogen-bond acceptors (Lipinski definition) is 4. The van der Waals surface area contributed by atoms with Crippen LogP contribution >= 0.6 is 0 Å². The van der Waals surface area contributed by atoms with Gasteiger partial charge < -0.3 is 9.73 Å². The first-order valence-electron chi connectivity index (χ1n) is 7.39. The molecule has 0 atom stereocenters. The van der Waals surface area contributed by atoms with Gasteiger partial charge in [0.2, 0.25) is 15.9 Å². The van der Waals surface area contributed by atoms with E-state index >= 15 is 0 Å². The minimum atomic E-state index is -3.69. The van der Waals surface area contributed by atoms with Crippen LogP contribution in [0.3, 0.4) is 0 Å². The van der Waals surface area contributed by atoms with Crippen molar-refractivity contribution in [1.82, 2.24) is 10.0 Å². The fourth-order valence-electron chi connectivity index (χ4n) is 2.03. The first kappa shape index (κ1) is 17.2. The van der Waals surface area contributed by atoms with Gasteiger partial charge >= 0.3 is 0 Å². The van der Waals surface area contributed by atoms with E-state index in [0.29, 0.717) is 5.76 Å². The highest BCUT2D eigenvalue weighted by Crippen LogP contribution is 2.11. The normalized spacial score (nSPS) is 11.3.